The zero-order valence-corrected chi connectivity index (χ0v) is 18.7. The van der Waals surface area contributed by atoms with Gasteiger partial charge in [0.05, 0.1) is 19.8 Å². The maximum atomic E-state index is 6.42. The summed E-state index contributed by atoms with van der Waals surface area (Å²) in [4.78, 5) is 6.42. The summed E-state index contributed by atoms with van der Waals surface area (Å²) in [7, 11) is 0. The Morgan fingerprint density at radius 3 is 2.55 bits per heavy atom. The third-order valence-electron chi connectivity index (χ3n) is 5.22. The van der Waals surface area contributed by atoms with Crippen molar-refractivity contribution >= 4 is 11.6 Å². The summed E-state index contributed by atoms with van der Waals surface area (Å²) < 4.78 is 15.4. The SMILES string of the molecule is CC(C)(C)[C@H]([C@H](Oc1ccc(Cl)cc1)n1cncn1)n1nnnc1CN1CCOCC1. The van der Waals surface area contributed by atoms with Crippen molar-refractivity contribution in [1.29, 1.82) is 0 Å². The van der Waals surface area contributed by atoms with Gasteiger partial charge in [0.15, 0.2) is 5.82 Å². The van der Waals surface area contributed by atoms with Crippen LogP contribution >= 0.6 is 11.6 Å². The molecule has 11 heteroatoms. The number of halogens is 1. The Labute approximate surface area is 186 Å². The lowest BCUT2D eigenvalue weighted by atomic mass is 9.85. The van der Waals surface area contributed by atoms with Crippen LogP contribution in [0.5, 0.6) is 5.75 Å². The van der Waals surface area contributed by atoms with Crippen molar-refractivity contribution in [2.45, 2.75) is 39.6 Å². The molecule has 31 heavy (non-hydrogen) atoms. The van der Waals surface area contributed by atoms with Gasteiger partial charge in [-0.3, -0.25) is 4.90 Å². The summed E-state index contributed by atoms with van der Waals surface area (Å²) >= 11 is 6.05. The van der Waals surface area contributed by atoms with Crippen LogP contribution in [0.3, 0.4) is 0 Å². The number of benzene rings is 1. The average Bonchev–Trinajstić information content (AvgIpc) is 3.42. The van der Waals surface area contributed by atoms with Crippen LogP contribution in [0.2, 0.25) is 5.02 Å². The number of ether oxygens (including phenoxy) is 2. The van der Waals surface area contributed by atoms with E-state index in [9.17, 15) is 0 Å². The van der Waals surface area contributed by atoms with Gasteiger partial charge in [-0.1, -0.05) is 32.4 Å². The van der Waals surface area contributed by atoms with E-state index in [0.717, 1.165) is 18.9 Å². The van der Waals surface area contributed by atoms with Crippen LogP contribution in [0.4, 0.5) is 0 Å². The van der Waals surface area contributed by atoms with E-state index in [2.05, 4.69) is 51.3 Å². The number of rotatable bonds is 7. The zero-order chi connectivity index (χ0) is 21.8. The Hall–Kier alpha value is -2.56. The number of hydrogen-bond donors (Lipinski definition) is 0. The second-order valence-corrected chi connectivity index (χ2v) is 9.01. The molecule has 2 atom stereocenters. The maximum absolute atomic E-state index is 6.42. The molecule has 3 heterocycles. The lowest BCUT2D eigenvalue weighted by Gasteiger charge is -2.37. The van der Waals surface area contributed by atoms with Crippen LogP contribution in [0.15, 0.2) is 36.9 Å². The standard InChI is InChI=1S/C20H27ClN8O2/c1-20(2,3)18(29-17(24-25-26-29)12-27-8-10-30-11-9-27)19(28-14-22-13-23-28)31-16-6-4-15(21)5-7-16/h4-7,13-14,18-19H,8-12H2,1-3H3/t18-,19-/m0/s1. The fraction of sp³-hybridized carbons (Fsp3) is 0.550. The fourth-order valence-corrected chi connectivity index (χ4v) is 3.80. The highest BCUT2D eigenvalue weighted by Gasteiger charge is 2.40. The van der Waals surface area contributed by atoms with Crippen molar-refractivity contribution in [2.75, 3.05) is 26.3 Å². The number of morpholine rings is 1. The van der Waals surface area contributed by atoms with Gasteiger partial charge >= 0.3 is 0 Å². The maximum Gasteiger partial charge on any atom is 0.215 e. The van der Waals surface area contributed by atoms with Crippen LogP contribution in [0, 0.1) is 5.41 Å². The number of tetrazole rings is 1. The van der Waals surface area contributed by atoms with Crippen LogP contribution in [0.1, 0.15) is 38.9 Å². The van der Waals surface area contributed by atoms with Gasteiger partial charge < -0.3 is 9.47 Å². The molecular formula is C20H27ClN8O2. The molecule has 1 aliphatic rings. The van der Waals surface area contributed by atoms with Crippen LogP contribution in [-0.4, -0.2) is 66.2 Å². The number of aromatic nitrogens is 7. The topological polar surface area (TPSA) is 96.0 Å². The normalized spacial score (nSPS) is 17.4. The van der Waals surface area contributed by atoms with Gasteiger partial charge in [-0.2, -0.15) is 5.10 Å². The highest BCUT2D eigenvalue weighted by Crippen LogP contribution is 2.40. The molecule has 2 aromatic heterocycles. The first kappa shape index (κ1) is 21.7. The highest BCUT2D eigenvalue weighted by atomic mass is 35.5. The summed E-state index contributed by atoms with van der Waals surface area (Å²) in [6.45, 7) is 10.2. The van der Waals surface area contributed by atoms with Crippen molar-refractivity contribution in [3.8, 4) is 5.75 Å². The smallest absolute Gasteiger partial charge is 0.215 e. The Balaban J connectivity index is 1.69. The molecule has 1 fully saturated rings. The first-order chi connectivity index (χ1) is 14.9. The molecule has 0 spiro atoms. The molecule has 1 aromatic carbocycles. The van der Waals surface area contributed by atoms with Gasteiger partial charge in [0.25, 0.3) is 0 Å². The van der Waals surface area contributed by atoms with Gasteiger partial charge in [-0.05, 0) is 40.1 Å². The largest absolute Gasteiger partial charge is 0.466 e. The summed E-state index contributed by atoms with van der Waals surface area (Å²) in [6, 6.07) is 6.99. The van der Waals surface area contributed by atoms with Crippen molar-refractivity contribution in [2.24, 2.45) is 5.41 Å². The Bertz CT molecular complexity index is 948. The lowest BCUT2D eigenvalue weighted by Crippen LogP contribution is -2.40. The van der Waals surface area contributed by atoms with Crippen molar-refractivity contribution < 1.29 is 9.47 Å². The molecule has 10 nitrogen and oxygen atoms in total. The quantitative estimate of drug-likeness (QED) is 0.546. The predicted molar refractivity (Wildman–Crippen MR) is 114 cm³/mol. The third kappa shape index (κ3) is 5.20. The van der Waals surface area contributed by atoms with E-state index < -0.39 is 6.23 Å². The molecule has 0 unspecified atom stereocenters. The molecule has 166 valence electrons. The second kappa shape index (κ2) is 9.29. The Morgan fingerprint density at radius 2 is 1.90 bits per heavy atom. The van der Waals surface area contributed by atoms with Gasteiger partial charge in [-0.15, -0.1) is 5.10 Å². The minimum atomic E-state index is -0.532. The van der Waals surface area contributed by atoms with E-state index >= 15 is 0 Å². The van der Waals surface area contributed by atoms with E-state index in [4.69, 9.17) is 21.1 Å². The van der Waals surface area contributed by atoms with E-state index in [0.29, 0.717) is 30.5 Å². The minimum Gasteiger partial charge on any atom is -0.466 e. The number of hydrogen-bond acceptors (Lipinski definition) is 8. The minimum absolute atomic E-state index is 0.266. The van der Waals surface area contributed by atoms with Crippen LogP contribution in [0.25, 0.3) is 0 Å². The molecular weight excluding hydrogens is 420 g/mol. The fourth-order valence-electron chi connectivity index (χ4n) is 3.67. The highest BCUT2D eigenvalue weighted by molar-refractivity contribution is 6.30. The van der Waals surface area contributed by atoms with Crippen molar-refractivity contribution in [3.05, 3.63) is 47.8 Å². The Kier molecular flexibility index (Phi) is 6.49. The van der Waals surface area contributed by atoms with E-state index in [1.54, 1.807) is 23.1 Å². The molecule has 0 bridgehead atoms. The van der Waals surface area contributed by atoms with E-state index in [1.807, 2.05) is 16.8 Å². The third-order valence-corrected chi connectivity index (χ3v) is 5.47. The molecule has 0 amide bonds. The van der Waals surface area contributed by atoms with Crippen LogP contribution < -0.4 is 4.74 Å². The molecule has 0 N–H and O–H groups in total. The monoisotopic (exact) mass is 446 g/mol. The predicted octanol–water partition coefficient (Wildman–Crippen LogP) is 2.62. The molecule has 0 radical (unpaired) electrons. The van der Waals surface area contributed by atoms with E-state index in [1.165, 1.54) is 6.33 Å². The van der Waals surface area contributed by atoms with E-state index in [-0.39, 0.29) is 11.5 Å². The van der Waals surface area contributed by atoms with Crippen molar-refractivity contribution in [1.82, 2.24) is 39.9 Å². The molecule has 4 rings (SSSR count). The number of nitrogens with zero attached hydrogens (tertiary/aromatic N) is 8. The molecule has 3 aromatic rings. The zero-order valence-electron chi connectivity index (χ0n) is 17.9. The van der Waals surface area contributed by atoms with Gasteiger partial charge in [-0.25, -0.2) is 14.3 Å². The molecule has 1 saturated heterocycles. The lowest BCUT2D eigenvalue weighted by molar-refractivity contribution is -0.00390. The summed E-state index contributed by atoms with van der Waals surface area (Å²) in [5, 5.41) is 17.7. The van der Waals surface area contributed by atoms with Gasteiger partial charge in [0, 0.05) is 18.1 Å². The van der Waals surface area contributed by atoms with Crippen LogP contribution in [-0.2, 0) is 11.3 Å². The second-order valence-electron chi connectivity index (χ2n) is 8.58. The first-order valence-electron chi connectivity index (χ1n) is 10.2. The molecule has 0 aliphatic carbocycles. The van der Waals surface area contributed by atoms with Crippen molar-refractivity contribution in [3.63, 3.8) is 0 Å². The van der Waals surface area contributed by atoms with Gasteiger partial charge in [0.1, 0.15) is 24.4 Å². The molecule has 0 saturated carbocycles. The summed E-state index contributed by atoms with van der Waals surface area (Å²) in [6.07, 6.45) is 2.60. The van der Waals surface area contributed by atoms with Gasteiger partial charge in [0.2, 0.25) is 6.23 Å². The molecule has 1 aliphatic heterocycles. The summed E-state index contributed by atoms with van der Waals surface area (Å²) in [5.74, 6) is 1.44. The first-order valence-corrected chi connectivity index (χ1v) is 10.6. The summed E-state index contributed by atoms with van der Waals surface area (Å²) in [5.41, 5.74) is -0.266. The average molecular weight is 447 g/mol. The Morgan fingerprint density at radius 1 is 1.16 bits per heavy atom.